The highest BCUT2D eigenvalue weighted by Crippen LogP contribution is 2.09. The first-order valence-corrected chi connectivity index (χ1v) is 10.6. The fraction of sp³-hybridized carbons (Fsp3) is 0.478. The van der Waals surface area contributed by atoms with E-state index in [0.29, 0.717) is 0 Å². The number of rotatable bonds is 8. The molecule has 6 heteroatoms. The molecule has 1 saturated heterocycles. The fourth-order valence-corrected chi connectivity index (χ4v) is 3.48. The van der Waals surface area contributed by atoms with Gasteiger partial charge in [-0.2, -0.15) is 0 Å². The molecule has 1 aromatic heterocycles. The second kappa shape index (κ2) is 11.4. The van der Waals surface area contributed by atoms with Crippen LogP contribution in [0.1, 0.15) is 18.1 Å². The number of nitrogens with one attached hydrogen (secondary N) is 1. The highest BCUT2D eigenvalue weighted by Gasteiger charge is 2.19. The fourth-order valence-electron chi connectivity index (χ4n) is 3.48. The van der Waals surface area contributed by atoms with Gasteiger partial charge in [0.25, 0.3) is 0 Å². The third-order valence-corrected chi connectivity index (χ3v) is 5.21. The predicted molar refractivity (Wildman–Crippen MR) is 119 cm³/mol. The average molecular weight is 396 g/mol. The number of hydrogen-bond donors (Lipinski definition) is 1. The van der Waals surface area contributed by atoms with Gasteiger partial charge < -0.3 is 15.0 Å². The van der Waals surface area contributed by atoms with Gasteiger partial charge in [0, 0.05) is 58.2 Å². The third-order valence-electron chi connectivity index (χ3n) is 5.21. The number of guanidine groups is 1. The lowest BCUT2D eigenvalue weighted by Crippen LogP contribution is -2.53. The van der Waals surface area contributed by atoms with Crippen LogP contribution in [0.25, 0.3) is 0 Å². The van der Waals surface area contributed by atoms with E-state index in [1.165, 1.54) is 11.1 Å². The molecule has 0 unspecified atom stereocenters. The van der Waals surface area contributed by atoms with Crippen LogP contribution in [0.3, 0.4) is 0 Å². The lowest BCUT2D eigenvalue weighted by molar-refractivity contribution is 0.152. The maximum Gasteiger partial charge on any atom is 0.194 e. The van der Waals surface area contributed by atoms with Crippen molar-refractivity contribution in [3.63, 3.8) is 0 Å². The number of nitrogens with zero attached hydrogens (tertiary/aromatic N) is 4. The molecule has 0 aliphatic carbocycles. The van der Waals surface area contributed by atoms with Gasteiger partial charge in [-0.3, -0.25) is 14.9 Å². The van der Waals surface area contributed by atoms with Crippen LogP contribution in [-0.2, 0) is 6.42 Å². The third kappa shape index (κ3) is 6.75. The smallest absolute Gasteiger partial charge is 0.194 e. The van der Waals surface area contributed by atoms with Gasteiger partial charge in [-0.05, 0) is 49.6 Å². The zero-order chi connectivity index (χ0) is 20.3. The Bertz CT molecular complexity index is 757. The summed E-state index contributed by atoms with van der Waals surface area (Å²) in [4.78, 5) is 13.9. The summed E-state index contributed by atoms with van der Waals surface area (Å²) in [5, 5.41) is 3.45. The van der Waals surface area contributed by atoms with Crippen LogP contribution in [-0.4, -0.2) is 73.2 Å². The Morgan fingerprint density at radius 1 is 1.14 bits per heavy atom. The molecule has 0 bridgehead atoms. The Balaban J connectivity index is 1.43. The molecule has 156 valence electrons. The highest BCUT2D eigenvalue weighted by molar-refractivity contribution is 5.80. The molecule has 0 radical (unpaired) electrons. The van der Waals surface area contributed by atoms with E-state index in [2.05, 4.69) is 40.0 Å². The number of piperazine rings is 1. The first kappa shape index (κ1) is 21.1. The maximum absolute atomic E-state index is 5.83. The Morgan fingerprint density at radius 2 is 1.93 bits per heavy atom. The summed E-state index contributed by atoms with van der Waals surface area (Å²) in [6, 6.07) is 12.1. The van der Waals surface area contributed by atoms with Gasteiger partial charge in [0.2, 0.25) is 0 Å². The molecule has 1 aliphatic heterocycles. The van der Waals surface area contributed by atoms with Gasteiger partial charge in [-0.1, -0.05) is 18.2 Å². The summed E-state index contributed by atoms with van der Waals surface area (Å²) in [5.41, 5.74) is 2.56. The van der Waals surface area contributed by atoms with E-state index in [-0.39, 0.29) is 0 Å². The minimum Gasteiger partial charge on any atom is -0.492 e. The lowest BCUT2D eigenvalue weighted by Gasteiger charge is -2.36. The van der Waals surface area contributed by atoms with Gasteiger partial charge >= 0.3 is 0 Å². The van der Waals surface area contributed by atoms with Gasteiger partial charge in [-0.25, -0.2) is 0 Å². The molecule has 6 nitrogen and oxygen atoms in total. The maximum atomic E-state index is 5.83. The first-order valence-electron chi connectivity index (χ1n) is 10.6. The zero-order valence-electron chi connectivity index (χ0n) is 17.7. The van der Waals surface area contributed by atoms with E-state index >= 15 is 0 Å². The predicted octanol–water partition coefficient (Wildman–Crippen LogP) is 2.59. The molecule has 0 spiro atoms. The molecule has 0 amide bonds. The van der Waals surface area contributed by atoms with Crippen molar-refractivity contribution in [3.05, 3.63) is 59.9 Å². The first-order chi connectivity index (χ1) is 14.3. The second-order valence-electron chi connectivity index (χ2n) is 7.28. The molecule has 1 aromatic carbocycles. The molecule has 0 atom stereocenters. The summed E-state index contributed by atoms with van der Waals surface area (Å²) in [7, 11) is 0. The Hall–Kier alpha value is -2.60. The van der Waals surface area contributed by atoms with E-state index in [1.807, 2.05) is 42.7 Å². The van der Waals surface area contributed by atoms with Crippen molar-refractivity contribution in [2.45, 2.75) is 20.3 Å². The number of aromatic nitrogens is 1. The lowest BCUT2D eigenvalue weighted by atomic mass is 10.1. The monoisotopic (exact) mass is 395 g/mol. The van der Waals surface area contributed by atoms with Crippen LogP contribution < -0.4 is 10.1 Å². The zero-order valence-corrected chi connectivity index (χ0v) is 17.7. The second-order valence-corrected chi connectivity index (χ2v) is 7.28. The quantitative estimate of drug-likeness (QED) is 0.550. The van der Waals surface area contributed by atoms with E-state index in [0.717, 1.165) is 70.6 Å². The number of benzene rings is 1. The Labute approximate surface area is 174 Å². The average Bonchev–Trinajstić information content (AvgIpc) is 2.76. The van der Waals surface area contributed by atoms with Gasteiger partial charge in [0.15, 0.2) is 5.96 Å². The van der Waals surface area contributed by atoms with Crippen LogP contribution >= 0.6 is 0 Å². The molecule has 2 aromatic rings. The molecule has 1 aliphatic rings. The van der Waals surface area contributed by atoms with Gasteiger partial charge in [-0.15, -0.1) is 0 Å². The largest absolute Gasteiger partial charge is 0.492 e. The van der Waals surface area contributed by atoms with Crippen LogP contribution in [0.4, 0.5) is 0 Å². The number of aliphatic imine (C=N–C) groups is 1. The molecule has 29 heavy (non-hydrogen) atoms. The topological polar surface area (TPSA) is 53.0 Å². The number of aryl methyl sites for hydroxylation is 1. The summed E-state index contributed by atoms with van der Waals surface area (Å²) >= 11 is 0. The summed E-state index contributed by atoms with van der Waals surface area (Å²) < 4.78 is 5.83. The molecular formula is C23H33N5O. The molecule has 2 heterocycles. The standard InChI is InChI=1S/C23H33N5O/c1-3-25-23(26-12-10-21-9-11-24-19-20(21)2)28-15-13-27(14-16-28)17-18-29-22-7-5-4-6-8-22/h4-9,11,19H,3,10,12-18H2,1-2H3,(H,25,26). The van der Waals surface area contributed by atoms with Crippen molar-refractivity contribution in [3.8, 4) is 5.75 Å². The van der Waals surface area contributed by atoms with Crippen LogP contribution in [0.5, 0.6) is 5.75 Å². The summed E-state index contributed by atoms with van der Waals surface area (Å²) in [6.45, 7) is 11.6. The summed E-state index contributed by atoms with van der Waals surface area (Å²) in [5.74, 6) is 1.97. The molecule has 1 N–H and O–H groups in total. The van der Waals surface area contributed by atoms with E-state index < -0.39 is 0 Å². The van der Waals surface area contributed by atoms with Crippen LogP contribution in [0.2, 0.25) is 0 Å². The molecular weight excluding hydrogens is 362 g/mol. The SMILES string of the molecule is CCNC(=NCCc1ccncc1C)N1CCN(CCOc2ccccc2)CC1. The molecule has 0 saturated carbocycles. The van der Waals surface area contributed by atoms with Crippen molar-refractivity contribution >= 4 is 5.96 Å². The van der Waals surface area contributed by atoms with E-state index in [4.69, 9.17) is 9.73 Å². The minimum atomic E-state index is 0.726. The minimum absolute atomic E-state index is 0.726. The highest BCUT2D eigenvalue weighted by atomic mass is 16.5. The van der Waals surface area contributed by atoms with Gasteiger partial charge in [0.05, 0.1) is 0 Å². The van der Waals surface area contributed by atoms with Crippen molar-refractivity contribution < 1.29 is 4.74 Å². The van der Waals surface area contributed by atoms with Crippen molar-refractivity contribution in [2.24, 2.45) is 4.99 Å². The molecule has 1 fully saturated rings. The number of hydrogen-bond acceptors (Lipinski definition) is 4. The van der Waals surface area contributed by atoms with E-state index in [9.17, 15) is 0 Å². The number of ether oxygens (including phenoxy) is 1. The number of pyridine rings is 1. The Morgan fingerprint density at radius 3 is 2.66 bits per heavy atom. The van der Waals surface area contributed by atoms with E-state index in [1.54, 1.807) is 0 Å². The van der Waals surface area contributed by atoms with Crippen molar-refractivity contribution in [1.29, 1.82) is 0 Å². The summed E-state index contributed by atoms with van der Waals surface area (Å²) in [6.07, 6.45) is 4.73. The molecule has 3 rings (SSSR count). The normalized spacial score (nSPS) is 15.4. The van der Waals surface area contributed by atoms with Crippen LogP contribution in [0.15, 0.2) is 53.8 Å². The van der Waals surface area contributed by atoms with Crippen molar-refractivity contribution in [2.75, 3.05) is 52.4 Å². The van der Waals surface area contributed by atoms with Crippen molar-refractivity contribution in [1.82, 2.24) is 20.1 Å². The van der Waals surface area contributed by atoms with Gasteiger partial charge in [0.1, 0.15) is 12.4 Å². The van der Waals surface area contributed by atoms with Crippen LogP contribution in [0, 0.1) is 6.92 Å². The Kier molecular flexibility index (Phi) is 8.31. The number of para-hydroxylation sites is 1.